The van der Waals surface area contributed by atoms with E-state index in [-0.39, 0.29) is 6.04 Å². The standard InChI is InChI=1S/C19H27N5O/c1-16(19(25)23-7-4-5-8-23)22-12-10-21(11-13-22)14-17-15-24-9-3-2-6-18(24)20-17/h2-3,6,9,15-16H,4-5,7-8,10-14H2,1H3/t16-/m1/s1. The number of pyridine rings is 1. The number of imidazole rings is 1. The molecule has 1 amide bonds. The number of hydrogen-bond acceptors (Lipinski definition) is 4. The molecular formula is C19H27N5O. The number of piperazine rings is 1. The number of aromatic nitrogens is 2. The Bertz CT molecular complexity index is 695. The van der Waals surface area contributed by atoms with Gasteiger partial charge in [-0.15, -0.1) is 0 Å². The lowest BCUT2D eigenvalue weighted by molar-refractivity contribution is -0.136. The summed E-state index contributed by atoms with van der Waals surface area (Å²) in [6.07, 6.45) is 6.47. The smallest absolute Gasteiger partial charge is 0.239 e. The predicted molar refractivity (Wildman–Crippen MR) is 97.3 cm³/mol. The monoisotopic (exact) mass is 341 g/mol. The quantitative estimate of drug-likeness (QED) is 0.845. The topological polar surface area (TPSA) is 44.1 Å². The third-order valence-corrected chi connectivity index (χ3v) is 5.53. The fourth-order valence-electron chi connectivity index (χ4n) is 3.96. The lowest BCUT2D eigenvalue weighted by Gasteiger charge is -2.38. The van der Waals surface area contributed by atoms with Crippen LogP contribution < -0.4 is 0 Å². The Morgan fingerprint density at radius 1 is 1.12 bits per heavy atom. The number of hydrogen-bond donors (Lipinski definition) is 0. The molecule has 25 heavy (non-hydrogen) atoms. The number of carbonyl (C=O) groups is 1. The van der Waals surface area contributed by atoms with Gasteiger partial charge in [-0.25, -0.2) is 4.98 Å². The molecule has 0 bridgehead atoms. The van der Waals surface area contributed by atoms with Crippen LogP contribution in [-0.4, -0.2) is 75.3 Å². The molecule has 0 aliphatic carbocycles. The molecule has 0 spiro atoms. The van der Waals surface area contributed by atoms with Gasteiger partial charge < -0.3 is 9.30 Å². The zero-order chi connectivity index (χ0) is 17.2. The minimum atomic E-state index is 0.00967. The van der Waals surface area contributed by atoms with Crippen molar-refractivity contribution in [2.45, 2.75) is 32.4 Å². The summed E-state index contributed by atoms with van der Waals surface area (Å²) in [5.74, 6) is 0.311. The van der Waals surface area contributed by atoms with Crippen LogP contribution in [0.2, 0.25) is 0 Å². The van der Waals surface area contributed by atoms with E-state index in [1.807, 2.05) is 29.3 Å². The molecule has 134 valence electrons. The van der Waals surface area contributed by atoms with E-state index in [2.05, 4.69) is 32.3 Å². The average Bonchev–Trinajstić information content (AvgIpc) is 3.30. The Morgan fingerprint density at radius 3 is 2.60 bits per heavy atom. The van der Waals surface area contributed by atoms with Crippen molar-refractivity contribution in [3.63, 3.8) is 0 Å². The highest BCUT2D eigenvalue weighted by Gasteiger charge is 2.29. The summed E-state index contributed by atoms with van der Waals surface area (Å²) in [7, 11) is 0. The van der Waals surface area contributed by atoms with Crippen molar-refractivity contribution in [1.29, 1.82) is 0 Å². The maximum atomic E-state index is 12.6. The van der Waals surface area contributed by atoms with E-state index >= 15 is 0 Å². The van der Waals surface area contributed by atoms with Gasteiger partial charge in [0.1, 0.15) is 5.65 Å². The van der Waals surface area contributed by atoms with Crippen LogP contribution in [0.4, 0.5) is 0 Å². The molecule has 2 aromatic heterocycles. The molecule has 6 nitrogen and oxygen atoms in total. The first kappa shape index (κ1) is 16.5. The lowest BCUT2D eigenvalue weighted by Crippen LogP contribution is -2.54. The van der Waals surface area contributed by atoms with Gasteiger partial charge in [-0.1, -0.05) is 6.07 Å². The molecule has 4 heterocycles. The van der Waals surface area contributed by atoms with Crippen molar-refractivity contribution in [3.8, 4) is 0 Å². The zero-order valence-corrected chi connectivity index (χ0v) is 15.0. The summed E-state index contributed by atoms with van der Waals surface area (Å²) in [5, 5.41) is 0. The van der Waals surface area contributed by atoms with Gasteiger partial charge in [-0.05, 0) is 31.9 Å². The fraction of sp³-hybridized carbons (Fsp3) is 0.579. The molecule has 0 N–H and O–H groups in total. The largest absolute Gasteiger partial charge is 0.341 e. The summed E-state index contributed by atoms with van der Waals surface area (Å²) < 4.78 is 2.07. The van der Waals surface area contributed by atoms with Gasteiger partial charge in [0, 0.05) is 58.2 Å². The molecule has 6 heteroatoms. The number of likely N-dealkylation sites (tertiary alicyclic amines) is 1. The van der Waals surface area contributed by atoms with E-state index in [0.29, 0.717) is 5.91 Å². The Morgan fingerprint density at radius 2 is 1.88 bits per heavy atom. The number of rotatable bonds is 4. The molecule has 0 radical (unpaired) electrons. The van der Waals surface area contributed by atoms with Gasteiger partial charge in [0.25, 0.3) is 0 Å². The Labute approximate surface area is 149 Å². The van der Waals surface area contributed by atoms with Crippen LogP contribution in [0, 0.1) is 0 Å². The van der Waals surface area contributed by atoms with Gasteiger partial charge in [0.15, 0.2) is 0 Å². The SMILES string of the molecule is C[C@H](C(=O)N1CCCC1)N1CCN(Cc2cn3ccccc3n2)CC1. The van der Waals surface area contributed by atoms with Crippen molar-refractivity contribution < 1.29 is 4.79 Å². The van der Waals surface area contributed by atoms with Crippen molar-refractivity contribution in [1.82, 2.24) is 24.1 Å². The van der Waals surface area contributed by atoms with E-state index in [0.717, 1.165) is 70.0 Å². The molecule has 2 aliphatic rings. The van der Waals surface area contributed by atoms with Crippen LogP contribution in [0.1, 0.15) is 25.5 Å². The van der Waals surface area contributed by atoms with Gasteiger partial charge in [-0.3, -0.25) is 14.6 Å². The van der Waals surface area contributed by atoms with Gasteiger partial charge in [0.05, 0.1) is 11.7 Å². The molecule has 0 unspecified atom stereocenters. The minimum absolute atomic E-state index is 0.00967. The summed E-state index contributed by atoms with van der Waals surface area (Å²) in [5.41, 5.74) is 2.11. The first-order valence-electron chi connectivity index (χ1n) is 9.38. The highest BCUT2D eigenvalue weighted by atomic mass is 16.2. The Balaban J connectivity index is 1.31. The van der Waals surface area contributed by atoms with E-state index < -0.39 is 0 Å². The number of nitrogens with zero attached hydrogens (tertiary/aromatic N) is 5. The predicted octanol–water partition coefficient (Wildman–Crippen LogP) is 1.46. The summed E-state index contributed by atoms with van der Waals surface area (Å²) in [4.78, 5) is 24.1. The minimum Gasteiger partial charge on any atom is -0.341 e. The van der Waals surface area contributed by atoms with Crippen molar-refractivity contribution >= 4 is 11.6 Å². The third kappa shape index (κ3) is 3.55. The first-order valence-corrected chi connectivity index (χ1v) is 9.38. The van der Waals surface area contributed by atoms with E-state index in [4.69, 9.17) is 0 Å². The maximum absolute atomic E-state index is 12.6. The van der Waals surface area contributed by atoms with Gasteiger partial charge in [-0.2, -0.15) is 0 Å². The number of fused-ring (bicyclic) bond motifs is 1. The molecule has 0 saturated carbocycles. The second-order valence-electron chi connectivity index (χ2n) is 7.22. The highest BCUT2D eigenvalue weighted by molar-refractivity contribution is 5.81. The van der Waals surface area contributed by atoms with Crippen molar-refractivity contribution in [3.05, 3.63) is 36.3 Å². The second kappa shape index (κ2) is 7.14. The molecule has 4 rings (SSSR count). The Hall–Kier alpha value is -1.92. The van der Waals surface area contributed by atoms with Crippen molar-refractivity contribution in [2.75, 3.05) is 39.3 Å². The molecular weight excluding hydrogens is 314 g/mol. The molecule has 1 atom stereocenters. The van der Waals surface area contributed by atoms with Crippen LogP contribution in [0.15, 0.2) is 30.6 Å². The number of carbonyl (C=O) groups excluding carboxylic acids is 1. The van der Waals surface area contributed by atoms with Crippen molar-refractivity contribution in [2.24, 2.45) is 0 Å². The Kier molecular flexibility index (Phi) is 4.72. The van der Waals surface area contributed by atoms with Crippen LogP contribution in [0.25, 0.3) is 5.65 Å². The van der Waals surface area contributed by atoms with Crippen LogP contribution in [0.5, 0.6) is 0 Å². The van der Waals surface area contributed by atoms with E-state index in [9.17, 15) is 4.79 Å². The van der Waals surface area contributed by atoms with E-state index in [1.54, 1.807) is 0 Å². The molecule has 2 fully saturated rings. The molecule has 2 aromatic rings. The molecule has 0 aromatic carbocycles. The van der Waals surface area contributed by atoms with Gasteiger partial charge >= 0.3 is 0 Å². The van der Waals surface area contributed by atoms with Crippen LogP contribution in [-0.2, 0) is 11.3 Å². The third-order valence-electron chi connectivity index (χ3n) is 5.53. The lowest BCUT2D eigenvalue weighted by atomic mass is 10.2. The molecule has 2 saturated heterocycles. The van der Waals surface area contributed by atoms with Crippen LogP contribution >= 0.6 is 0 Å². The normalized spacial score (nSPS) is 21.1. The van der Waals surface area contributed by atoms with E-state index in [1.165, 1.54) is 0 Å². The summed E-state index contributed by atoms with van der Waals surface area (Å²) in [6, 6.07) is 6.09. The second-order valence-corrected chi connectivity index (χ2v) is 7.22. The zero-order valence-electron chi connectivity index (χ0n) is 15.0. The summed E-state index contributed by atoms with van der Waals surface area (Å²) in [6.45, 7) is 8.72. The highest BCUT2D eigenvalue weighted by Crippen LogP contribution is 2.15. The van der Waals surface area contributed by atoms with Gasteiger partial charge in [0.2, 0.25) is 5.91 Å². The summed E-state index contributed by atoms with van der Waals surface area (Å²) >= 11 is 0. The fourth-order valence-corrected chi connectivity index (χ4v) is 3.96. The van der Waals surface area contributed by atoms with Crippen LogP contribution in [0.3, 0.4) is 0 Å². The number of amides is 1. The average molecular weight is 341 g/mol. The molecule has 2 aliphatic heterocycles. The maximum Gasteiger partial charge on any atom is 0.239 e. The first-order chi connectivity index (χ1) is 12.2.